The number of aryl methyl sites for hydroxylation is 1. The quantitative estimate of drug-likeness (QED) is 0.160. The SMILES string of the molecule is Cc1cnc(-c2cccc(N(c3cccc(-c4cc5c(cn4)oc4ccccc45)c3)c3ccc(CC(C)C)c4ccccc34)c2)cc1-c1ccccc1. The van der Waals surface area contributed by atoms with Gasteiger partial charge in [0.25, 0.3) is 0 Å². The van der Waals surface area contributed by atoms with Gasteiger partial charge in [-0.25, -0.2) is 0 Å². The number of pyridine rings is 2. The van der Waals surface area contributed by atoms with Crippen LogP contribution < -0.4 is 4.90 Å². The Kier molecular flexibility index (Phi) is 8.28. The van der Waals surface area contributed by atoms with E-state index >= 15 is 0 Å². The summed E-state index contributed by atoms with van der Waals surface area (Å²) in [5.74, 6) is 0.550. The summed E-state index contributed by atoms with van der Waals surface area (Å²) in [5, 5.41) is 4.65. The van der Waals surface area contributed by atoms with Crippen molar-refractivity contribution in [2.24, 2.45) is 5.92 Å². The van der Waals surface area contributed by atoms with Crippen LogP contribution in [0.25, 0.3) is 66.4 Å². The number of rotatable bonds is 8. The van der Waals surface area contributed by atoms with Gasteiger partial charge in [-0.1, -0.05) is 117 Å². The Morgan fingerprint density at radius 1 is 0.528 bits per heavy atom. The normalized spacial score (nSPS) is 11.5. The van der Waals surface area contributed by atoms with Crippen LogP contribution in [-0.2, 0) is 6.42 Å². The molecule has 0 saturated carbocycles. The van der Waals surface area contributed by atoms with Crippen LogP contribution in [0, 0.1) is 12.8 Å². The standard InChI is InChI=1S/C49H39N3O/c1-32(2)25-35-23-24-47(41-20-8-7-19-40(35)41)52(38-17-11-15-36(26-38)45-28-43(33(3)30-50-45)34-13-5-4-6-14-34)39-18-12-16-37(27-39)46-29-44-42-21-9-10-22-48(42)53-49(44)31-51-46/h4-24,26-32H,25H2,1-3H3. The van der Waals surface area contributed by atoms with Crippen LogP contribution in [0.5, 0.6) is 0 Å². The monoisotopic (exact) mass is 685 g/mol. The molecule has 0 atom stereocenters. The number of hydrogen-bond donors (Lipinski definition) is 0. The zero-order valence-electron chi connectivity index (χ0n) is 30.1. The van der Waals surface area contributed by atoms with Crippen LogP contribution in [0.1, 0.15) is 25.0 Å². The van der Waals surface area contributed by atoms with Gasteiger partial charge in [-0.3, -0.25) is 9.97 Å². The average molecular weight is 686 g/mol. The first-order chi connectivity index (χ1) is 26.0. The lowest BCUT2D eigenvalue weighted by molar-refractivity contribution is 0.650. The lowest BCUT2D eigenvalue weighted by atomic mass is 9.95. The van der Waals surface area contributed by atoms with Crippen LogP contribution in [0.4, 0.5) is 17.1 Å². The summed E-state index contributed by atoms with van der Waals surface area (Å²) < 4.78 is 6.11. The summed E-state index contributed by atoms with van der Waals surface area (Å²) >= 11 is 0. The lowest BCUT2D eigenvalue weighted by Crippen LogP contribution is -2.11. The summed E-state index contributed by atoms with van der Waals surface area (Å²) in [5.41, 5.74) is 13.7. The van der Waals surface area contributed by atoms with Crippen molar-refractivity contribution in [1.29, 1.82) is 0 Å². The molecule has 0 aliphatic heterocycles. The number of furan rings is 1. The molecule has 0 radical (unpaired) electrons. The van der Waals surface area contributed by atoms with Gasteiger partial charge in [0.15, 0.2) is 5.58 Å². The first kappa shape index (κ1) is 32.4. The third kappa shape index (κ3) is 6.13. The molecule has 3 heterocycles. The molecule has 256 valence electrons. The summed E-state index contributed by atoms with van der Waals surface area (Å²) in [7, 11) is 0. The van der Waals surface area contributed by atoms with Gasteiger partial charge < -0.3 is 9.32 Å². The number of nitrogens with zero attached hydrogens (tertiary/aromatic N) is 3. The van der Waals surface area contributed by atoms with E-state index in [0.717, 1.165) is 73.5 Å². The second-order valence-electron chi connectivity index (χ2n) is 14.2. The number of para-hydroxylation sites is 1. The minimum atomic E-state index is 0.550. The van der Waals surface area contributed by atoms with Gasteiger partial charge in [-0.15, -0.1) is 0 Å². The van der Waals surface area contributed by atoms with E-state index in [9.17, 15) is 0 Å². The predicted molar refractivity (Wildman–Crippen MR) is 221 cm³/mol. The Morgan fingerprint density at radius 3 is 1.89 bits per heavy atom. The van der Waals surface area contributed by atoms with Crippen molar-refractivity contribution in [2.45, 2.75) is 27.2 Å². The fraction of sp³-hybridized carbons (Fsp3) is 0.102. The zero-order valence-corrected chi connectivity index (χ0v) is 30.1. The number of aromatic nitrogens is 2. The Hall–Kier alpha value is -6.52. The molecule has 9 aromatic rings. The van der Waals surface area contributed by atoms with E-state index in [1.807, 2.05) is 24.5 Å². The molecular weight excluding hydrogens is 647 g/mol. The van der Waals surface area contributed by atoms with E-state index in [1.54, 1.807) is 0 Å². The van der Waals surface area contributed by atoms with Gasteiger partial charge in [0.05, 0.1) is 23.3 Å². The maximum Gasteiger partial charge on any atom is 0.153 e. The molecule has 0 aliphatic rings. The molecule has 0 N–H and O–H groups in total. The third-order valence-electron chi connectivity index (χ3n) is 10.1. The van der Waals surface area contributed by atoms with Gasteiger partial charge >= 0.3 is 0 Å². The molecule has 0 saturated heterocycles. The highest BCUT2D eigenvalue weighted by molar-refractivity contribution is 6.06. The van der Waals surface area contributed by atoms with Gasteiger partial charge in [0.1, 0.15) is 5.58 Å². The van der Waals surface area contributed by atoms with E-state index < -0.39 is 0 Å². The van der Waals surface area contributed by atoms with Crippen molar-refractivity contribution in [1.82, 2.24) is 9.97 Å². The molecule has 0 aliphatic carbocycles. The second kappa shape index (κ2) is 13.6. The first-order valence-electron chi connectivity index (χ1n) is 18.3. The van der Waals surface area contributed by atoms with Crippen LogP contribution in [-0.4, -0.2) is 9.97 Å². The molecule has 9 rings (SSSR count). The van der Waals surface area contributed by atoms with Crippen molar-refractivity contribution in [3.05, 3.63) is 175 Å². The van der Waals surface area contributed by atoms with Gasteiger partial charge in [-0.2, -0.15) is 0 Å². The van der Waals surface area contributed by atoms with E-state index in [0.29, 0.717) is 5.92 Å². The van der Waals surface area contributed by atoms with Crippen molar-refractivity contribution in [3.63, 3.8) is 0 Å². The maximum atomic E-state index is 6.11. The van der Waals surface area contributed by atoms with Crippen LogP contribution in [0.2, 0.25) is 0 Å². The van der Waals surface area contributed by atoms with Crippen LogP contribution in [0.15, 0.2) is 168 Å². The minimum Gasteiger partial charge on any atom is -0.454 e. The molecule has 3 aromatic heterocycles. The Bertz CT molecular complexity index is 2760. The fourth-order valence-corrected chi connectivity index (χ4v) is 7.59. The highest BCUT2D eigenvalue weighted by Gasteiger charge is 2.19. The number of fused-ring (bicyclic) bond motifs is 4. The number of benzene rings is 6. The minimum absolute atomic E-state index is 0.550. The molecular formula is C49H39N3O. The Morgan fingerprint density at radius 2 is 1.15 bits per heavy atom. The molecule has 0 unspecified atom stereocenters. The molecule has 0 spiro atoms. The largest absolute Gasteiger partial charge is 0.454 e. The first-order valence-corrected chi connectivity index (χ1v) is 18.3. The van der Waals surface area contributed by atoms with Gasteiger partial charge in [0.2, 0.25) is 0 Å². The molecule has 4 nitrogen and oxygen atoms in total. The fourth-order valence-electron chi connectivity index (χ4n) is 7.59. The average Bonchev–Trinajstić information content (AvgIpc) is 3.57. The Balaban J connectivity index is 1.21. The maximum absolute atomic E-state index is 6.11. The van der Waals surface area contributed by atoms with E-state index in [1.165, 1.54) is 27.5 Å². The van der Waals surface area contributed by atoms with Crippen LogP contribution in [0.3, 0.4) is 0 Å². The van der Waals surface area contributed by atoms with Crippen molar-refractivity contribution < 1.29 is 4.42 Å². The highest BCUT2D eigenvalue weighted by atomic mass is 16.3. The van der Waals surface area contributed by atoms with Crippen LogP contribution >= 0.6 is 0 Å². The third-order valence-corrected chi connectivity index (χ3v) is 10.1. The van der Waals surface area contributed by atoms with Crippen molar-refractivity contribution >= 4 is 49.8 Å². The smallest absolute Gasteiger partial charge is 0.153 e. The summed E-state index contributed by atoms with van der Waals surface area (Å²) in [6.07, 6.45) is 4.85. The molecule has 53 heavy (non-hydrogen) atoms. The summed E-state index contributed by atoms with van der Waals surface area (Å²) in [6, 6.07) is 53.9. The second-order valence-corrected chi connectivity index (χ2v) is 14.2. The molecule has 0 amide bonds. The summed E-state index contributed by atoms with van der Waals surface area (Å²) in [6.45, 7) is 6.69. The molecule has 0 bridgehead atoms. The van der Waals surface area contributed by atoms with Crippen molar-refractivity contribution in [3.8, 4) is 33.6 Å². The number of hydrogen-bond acceptors (Lipinski definition) is 4. The number of anilines is 3. The predicted octanol–water partition coefficient (Wildman–Crippen LogP) is 13.5. The van der Waals surface area contributed by atoms with Crippen molar-refractivity contribution in [2.75, 3.05) is 4.90 Å². The lowest BCUT2D eigenvalue weighted by Gasteiger charge is -2.28. The van der Waals surface area contributed by atoms with E-state index in [-0.39, 0.29) is 0 Å². The van der Waals surface area contributed by atoms with E-state index in [2.05, 4.69) is 165 Å². The van der Waals surface area contributed by atoms with Gasteiger partial charge in [-0.05, 0) is 95.4 Å². The van der Waals surface area contributed by atoms with Gasteiger partial charge in [0, 0.05) is 44.9 Å². The summed E-state index contributed by atoms with van der Waals surface area (Å²) in [4.78, 5) is 12.2. The molecule has 4 heteroatoms. The Labute approximate surface area is 310 Å². The van der Waals surface area contributed by atoms with E-state index in [4.69, 9.17) is 14.4 Å². The molecule has 0 fully saturated rings. The zero-order chi connectivity index (χ0) is 35.9. The molecule has 6 aromatic carbocycles. The highest BCUT2D eigenvalue weighted by Crippen LogP contribution is 2.43. The topological polar surface area (TPSA) is 42.2 Å².